The smallest absolute Gasteiger partial charge is 0.315 e. The molecule has 1 heterocycles. The highest BCUT2D eigenvalue weighted by Crippen LogP contribution is 2.28. The van der Waals surface area contributed by atoms with Crippen molar-refractivity contribution >= 4 is 33.6 Å². The summed E-state index contributed by atoms with van der Waals surface area (Å²) in [7, 11) is 0. The van der Waals surface area contributed by atoms with Gasteiger partial charge in [0.2, 0.25) is 0 Å². The summed E-state index contributed by atoms with van der Waals surface area (Å²) in [6, 6.07) is 7.90. The Bertz CT molecular complexity index is 539. The van der Waals surface area contributed by atoms with Crippen LogP contribution < -0.4 is 15.5 Å². The van der Waals surface area contributed by atoms with Gasteiger partial charge in [0.05, 0.1) is 5.69 Å². The zero-order chi connectivity index (χ0) is 15.9. The summed E-state index contributed by atoms with van der Waals surface area (Å²) in [5, 5.41) is 14.2. The van der Waals surface area contributed by atoms with Crippen molar-refractivity contribution in [3.05, 3.63) is 28.7 Å². The Labute approximate surface area is 138 Å². The van der Waals surface area contributed by atoms with Gasteiger partial charge in [-0.1, -0.05) is 12.1 Å². The van der Waals surface area contributed by atoms with E-state index in [4.69, 9.17) is 5.11 Å². The van der Waals surface area contributed by atoms with Crippen molar-refractivity contribution in [2.24, 2.45) is 0 Å². The second-order valence-corrected chi connectivity index (χ2v) is 6.13. The SMILES string of the molecule is O=C(O)CCCNC(=O)NC1CCN(c2ccccc2Br)C1. The van der Waals surface area contributed by atoms with Crippen molar-refractivity contribution in [3.63, 3.8) is 0 Å². The molecule has 1 saturated heterocycles. The summed E-state index contributed by atoms with van der Waals surface area (Å²) in [6.45, 7) is 2.04. The van der Waals surface area contributed by atoms with Gasteiger partial charge in [0.25, 0.3) is 0 Å². The second kappa shape index (κ2) is 8.03. The van der Waals surface area contributed by atoms with Crippen LogP contribution >= 0.6 is 15.9 Å². The fraction of sp³-hybridized carbons (Fsp3) is 0.467. The van der Waals surface area contributed by atoms with Gasteiger partial charge in [-0.05, 0) is 40.9 Å². The van der Waals surface area contributed by atoms with Crippen molar-refractivity contribution in [2.75, 3.05) is 24.5 Å². The number of halogens is 1. The second-order valence-electron chi connectivity index (χ2n) is 5.28. The number of carbonyl (C=O) groups excluding carboxylic acids is 1. The highest BCUT2D eigenvalue weighted by atomic mass is 79.9. The third-order valence-electron chi connectivity index (χ3n) is 3.57. The molecule has 2 amide bonds. The molecule has 1 aliphatic rings. The zero-order valence-electron chi connectivity index (χ0n) is 12.2. The molecule has 1 aromatic rings. The fourth-order valence-electron chi connectivity index (χ4n) is 2.48. The Hall–Kier alpha value is -1.76. The number of carboxylic acid groups (broad SMARTS) is 1. The van der Waals surface area contributed by atoms with Crippen molar-refractivity contribution in [1.29, 1.82) is 0 Å². The number of hydrogen-bond donors (Lipinski definition) is 3. The minimum Gasteiger partial charge on any atom is -0.481 e. The van der Waals surface area contributed by atoms with Crippen LogP contribution in [0.15, 0.2) is 28.7 Å². The lowest BCUT2D eigenvalue weighted by Crippen LogP contribution is -2.43. The van der Waals surface area contributed by atoms with Crippen LogP contribution in [0.1, 0.15) is 19.3 Å². The van der Waals surface area contributed by atoms with Gasteiger partial charge in [0, 0.05) is 36.6 Å². The minimum atomic E-state index is -0.845. The maximum absolute atomic E-state index is 11.8. The maximum Gasteiger partial charge on any atom is 0.315 e. The summed E-state index contributed by atoms with van der Waals surface area (Å²) in [5.74, 6) is -0.845. The molecule has 1 fully saturated rings. The highest BCUT2D eigenvalue weighted by molar-refractivity contribution is 9.10. The standard InChI is InChI=1S/C15H20BrN3O3/c16-12-4-1-2-5-13(12)19-9-7-11(10-19)18-15(22)17-8-3-6-14(20)21/h1-2,4-5,11H,3,6-10H2,(H,20,21)(H2,17,18,22). The number of nitrogens with zero attached hydrogens (tertiary/aromatic N) is 1. The lowest BCUT2D eigenvalue weighted by atomic mass is 10.2. The largest absolute Gasteiger partial charge is 0.481 e. The Morgan fingerprint density at radius 1 is 1.36 bits per heavy atom. The average Bonchev–Trinajstić information content (AvgIpc) is 2.92. The lowest BCUT2D eigenvalue weighted by molar-refractivity contribution is -0.137. The van der Waals surface area contributed by atoms with E-state index in [2.05, 4.69) is 37.5 Å². The van der Waals surface area contributed by atoms with E-state index in [0.717, 1.165) is 29.7 Å². The zero-order valence-corrected chi connectivity index (χ0v) is 13.8. The summed E-state index contributed by atoms with van der Waals surface area (Å²) in [4.78, 5) is 24.4. The maximum atomic E-state index is 11.8. The number of anilines is 1. The fourth-order valence-corrected chi connectivity index (χ4v) is 3.02. The molecular weight excluding hydrogens is 350 g/mol. The normalized spacial score (nSPS) is 17.3. The lowest BCUT2D eigenvalue weighted by Gasteiger charge is -2.20. The van der Waals surface area contributed by atoms with Gasteiger partial charge in [-0.25, -0.2) is 4.79 Å². The first-order valence-corrected chi connectivity index (χ1v) is 8.11. The van der Waals surface area contributed by atoms with Gasteiger partial charge in [-0.3, -0.25) is 4.79 Å². The number of urea groups is 1. The Morgan fingerprint density at radius 3 is 2.86 bits per heavy atom. The van der Waals surface area contributed by atoms with E-state index in [1.54, 1.807) is 0 Å². The average molecular weight is 370 g/mol. The molecule has 0 radical (unpaired) electrons. The highest BCUT2D eigenvalue weighted by Gasteiger charge is 2.24. The van der Waals surface area contributed by atoms with Crippen molar-refractivity contribution < 1.29 is 14.7 Å². The van der Waals surface area contributed by atoms with Gasteiger partial charge in [0.1, 0.15) is 0 Å². The van der Waals surface area contributed by atoms with Gasteiger partial charge in [0.15, 0.2) is 0 Å². The summed E-state index contributed by atoms with van der Waals surface area (Å²) in [6.07, 6.45) is 1.40. The predicted molar refractivity (Wildman–Crippen MR) is 88.2 cm³/mol. The molecule has 1 aliphatic heterocycles. The first-order valence-electron chi connectivity index (χ1n) is 7.32. The van der Waals surface area contributed by atoms with Crippen LogP contribution in [0.3, 0.4) is 0 Å². The van der Waals surface area contributed by atoms with Crippen LogP contribution in [0.2, 0.25) is 0 Å². The van der Waals surface area contributed by atoms with Gasteiger partial charge >= 0.3 is 12.0 Å². The van der Waals surface area contributed by atoms with Crippen LogP contribution in [-0.4, -0.2) is 42.8 Å². The molecule has 1 aromatic carbocycles. The minimum absolute atomic E-state index is 0.0690. The van der Waals surface area contributed by atoms with Gasteiger partial charge in [-0.2, -0.15) is 0 Å². The van der Waals surface area contributed by atoms with E-state index in [9.17, 15) is 9.59 Å². The van der Waals surface area contributed by atoms with E-state index >= 15 is 0 Å². The third-order valence-corrected chi connectivity index (χ3v) is 4.24. The van der Waals surface area contributed by atoms with Crippen molar-refractivity contribution in [2.45, 2.75) is 25.3 Å². The van der Waals surface area contributed by atoms with E-state index in [0.29, 0.717) is 13.0 Å². The van der Waals surface area contributed by atoms with Gasteiger partial charge in [-0.15, -0.1) is 0 Å². The molecule has 0 aromatic heterocycles. The van der Waals surface area contributed by atoms with E-state index in [1.165, 1.54) is 0 Å². The third kappa shape index (κ3) is 4.91. The number of rotatable bonds is 6. The molecule has 0 aliphatic carbocycles. The first-order chi connectivity index (χ1) is 10.6. The summed E-state index contributed by atoms with van der Waals surface area (Å²) < 4.78 is 1.05. The molecule has 0 bridgehead atoms. The van der Waals surface area contributed by atoms with Crippen LogP contribution in [0, 0.1) is 0 Å². The number of aliphatic carboxylic acids is 1. The number of carboxylic acids is 1. The number of nitrogens with one attached hydrogen (secondary N) is 2. The number of hydrogen-bond acceptors (Lipinski definition) is 3. The molecule has 6 nitrogen and oxygen atoms in total. The van der Waals surface area contributed by atoms with Crippen molar-refractivity contribution in [3.8, 4) is 0 Å². The predicted octanol–water partition coefficient (Wildman–Crippen LogP) is 2.19. The van der Waals surface area contributed by atoms with Crippen LogP contribution in [0.25, 0.3) is 0 Å². The molecule has 1 atom stereocenters. The molecule has 0 saturated carbocycles. The molecular formula is C15H20BrN3O3. The van der Waals surface area contributed by atoms with Crippen LogP contribution in [-0.2, 0) is 4.79 Å². The first kappa shape index (κ1) is 16.6. The number of carbonyl (C=O) groups is 2. The number of amides is 2. The molecule has 120 valence electrons. The van der Waals surface area contributed by atoms with Gasteiger partial charge < -0.3 is 20.6 Å². The van der Waals surface area contributed by atoms with Crippen molar-refractivity contribution in [1.82, 2.24) is 10.6 Å². The molecule has 22 heavy (non-hydrogen) atoms. The van der Waals surface area contributed by atoms with Crippen LogP contribution in [0.4, 0.5) is 10.5 Å². The summed E-state index contributed by atoms with van der Waals surface area (Å²) in [5.41, 5.74) is 1.13. The van der Waals surface area contributed by atoms with E-state index in [-0.39, 0.29) is 18.5 Å². The Balaban J connectivity index is 1.73. The number of para-hydroxylation sites is 1. The monoisotopic (exact) mass is 369 g/mol. The molecule has 7 heteroatoms. The quantitative estimate of drug-likeness (QED) is 0.671. The van der Waals surface area contributed by atoms with E-state index in [1.807, 2.05) is 18.2 Å². The molecule has 0 spiro atoms. The molecule has 1 unspecified atom stereocenters. The number of benzene rings is 1. The summed E-state index contributed by atoms with van der Waals surface area (Å²) >= 11 is 3.54. The Morgan fingerprint density at radius 2 is 2.14 bits per heavy atom. The topological polar surface area (TPSA) is 81.7 Å². The Kier molecular flexibility index (Phi) is 6.06. The molecule has 2 rings (SSSR count). The molecule has 3 N–H and O–H groups in total. The van der Waals surface area contributed by atoms with E-state index < -0.39 is 5.97 Å². The van der Waals surface area contributed by atoms with Crippen LogP contribution in [0.5, 0.6) is 0 Å².